The Balaban J connectivity index is 1.34. The Morgan fingerprint density at radius 2 is 1.34 bits per heavy atom. The van der Waals surface area contributed by atoms with Crippen LogP contribution in [0.4, 0.5) is 0 Å². The van der Waals surface area contributed by atoms with Crippen molar-refractivity contribution in [1.29, 1.82) is 0 Å². The van der Waals surface area contributed by atoms with Crippen LogP contribution in [0.15, 0.2) is 102 Å². The number of hydrogen-bond acceptors (Lipinski definition) is 15. The van der Waals surface area contributed by atoms with Gasteiger partial charge < -0.3 is 38.3 Å². The summed E-state index contributed by atoms with van der Waals surface area (Å²) in [4.78, 5) is 95.5. The van der Waals surface area contributed by atoms with Crippen LogP contribution in [0.5, 0.6) is 5.75 Å². The van der Waals surface area contributed by atoms with Gasteiger partial charge in [0.1, 0.15) is 35.8 Å². The van der Waals surface area contributed by atoms with E-state index in [1.165, 1.54) is 32.1 Å². The third-order valence-corrected chi connectivity index (χ3v) is 13.2. The molecule has 0 amide bonds. The number of carbonyl (C=O) groups is 7. The summed E-state index contributed by atoms with van der Waals surface area (Å²) in [6.45, 7) is 9.38. The van der Waals surface area contributed by atoms with Gasteiger partial charge in [-0.15, -0.1) is 0 Å². The van der Waals surface area contributed by atoms with Crippen LogP contribution >= 0.6 is 0 Å². The van der Waals surface area contributed by atoms with E-state index in [4.69, 9.17) is 33.2 Å². The molecule has 15 heteroatoms. The Kier molecular flexibility index (Phi) is 12.3. The van der Waals surface area contributed by atoms with Crippen molar-refractivity contribution in [1.82, 2.24) is 0 Å². The first-order chi connectivity index (χ1) is 30.2. The summed E-state index contributed by atoms with van der Waals surface area (Å²) in [5.74, 6) is -6.84. The fraction of sp³-hybridized carbons (Fsp3) is 0.408. The first-order valence-electron chi connectivity index (χ1n) is 20.9. The molecule has 336 valence electrons. The Hall–Kier alpha value is -6.45. The number of aliphatic hydroxyl groups is 1. The van der Waals surface area contributed by atoms with Gasteiger partial charge in [0.25, 0.3) is 0 Å². The SMILES string of the molecule is CC(=O)O[C@H]1C(=O)[C@]2(C)[C@@H](OC(=O)/C=C/c3ccc(OC(=O)c4ccccc4)cc3)C[C@H]3OC[C@@]3(OC(C)=O)[C@H]2[C@H](OC(=O)c2ccccc2)[C@]2(O)C[C@H](OC(C)=O)C(C)=C1C2(C)C. The van der Waals surface area contributed by atoms with Crippen LogP contribution in [0.25, 0.3) is 6.08 Å². The molecule has 3 aromatic rings. The fourth-order valence-electron chi connectivity index (χ4n) is 10.1. The maximum atomic E-state index is 15.9. The van der Waals surface area contributed by atoms with Gasteiger partial charge in [-0.25, -0.2) is 14.4 Å². The zero-order valence-electron chi connectivity index (χ0n) is 36.5. The number of ketones is 1. The largest absolute Gasteiger partial charge is 0.458 e. The third kappa shape index (κ3) is 8.02. The standard InChI is InChI=1S/C49H50O15/c1-27-35(59-28(2)50)25-49(57)43(63-45(56)33-16-12-9-13-17-33)41-47(7,42(54)40(60-29(3)51)39(27)46(49,5)6)36(24-37-48(41,26-58-37)64-30(4)52)62-38(53)23-20-31-18-21-34(22-19-31)61-44(55)32-14-10-8-11-15-32/h8-23,35-37,40-41,43,57H,24-26H2,1-7H3/b23-20+/t35-,36-,37+,40+,41-,43-,47+,48-,49+/m0/s1. The van der Waals surface area contributed by atoms with Crippen LogP contribution < -0.4 is 4.74 Å². The fourth-order valence-corrected chi connectivity index (χ4v) is 10.1. The molecule has 64 heavy (non-hydrogen) atoms. The second kappa shape index (κ2) is 17.3. The van der Waals surface area contributed by atoms with E-state index in [1.54, 1.807) is 93.6 Å². The minimum atomic E-state index is -2.28. The van der Waals surface area contributed by atoms with Crippen molar-refractivity contribution >= 4 is 47.7 Å². The summed E-state index contributed by atoms with van der Waals surface area (Å²) >= 11 is 0. The molecule has 2 saturated carbocycles. The summed E-state index contributed by atoms with van der Waals surface area (Å²) in [7, 11) is 0. The summed E-state index contributed by atoms with van der Waals surface area (Å²) in [5, 5.41) is 13.6. The van der Waals surface area contributed by atoms with Crippen molar-refractivity contribution in [3.63, 3.8) is 0 Å². The second-order valence-electron chi connectivity index (χ2n) is 17.4. The first-order valence-corrected chi connectivity index (χ1v) is 20.9. The average molecular weight is 879 g/mol. The van der Waals surface area contributed by atoms with Crippen LogP contribution in [-0.2, 0) is 52.4 Å². The topological polar surface area (TPSA) is 204 Å². The molecule has 0 unspecified atom stereocenters. The summed E-state index contributed by atoms with van der Waals surface area (Å²) in [6, 6.07) is 22.7. The maximum absolute atomic E-state index is 15.9. The van der Waals surface area contributed by atoms with E-state index < -0.39 is 100 Å². The molecule has 4 aliphatic rings. The molecular weight excluding hydrogens is 829 g/mol. The Labute approximate surface area is 369 Å². The van der Waals surface area contributed by atoms with Gasteiger partial charge in [0.2, 0.25) is 0 Å². The first kappa shape index (κ1) is 45.6. The normalized spacial score (nSPS) is 30.2. The molecule has 1 saturated heterocycles. The Morgan fingerprint density at radius 3 is 1.89 bits per heavy atom. The Bertz CT molecular complexity index is 2420. The Morgan fingerprint density at radius 1 is 0.750 bits per heavy atom. The molecular formula is C49H50O15. The molecule has 0 radical (unpaired) electrons. The van der Waals surface area contributed by atoms with Crippen LogP contribution in [0.3, 0.4) is 0 Å². The maximum Gasteiger partial charge on any atom is 0.343 e. The minimum absolute atomic E-state index is 0.0875. The highest BCUT2D eigenvalue weighted by Crippen LogP contribution is 2.65. The molecule has 15 nitrogen and oxygen atoms in total. The lowest BCUT2D eigenvalue weighted by atomic mass is 9.44. The van der Waals surface area contributed by atoms with Gasteiger partial charge >= 0.3 is 35.8 Å². The third-order valence-electron chi connectivity index (χ3n) is 13.2. The lowest BCUT2D eigenvalue weighted by molar-refractivity contribution is -0.346. The molecule has 1 aliphatic heterocycles. The average Bonchev–Trinajstić information content (AvgIpc) is 3.24. The number of esters is 6. The number of fused-ring (bicyclic) bond motifs is 5. The summed E-state index contributed by atoms with van der Waals surface area (Å²) < 4.78 is 42.0. The second-order valence-corrected chi connectivity index (χ2v) is 17.4. The van der Waals surface area contributed by atoms with E-state index in [2.05, 4.69) is 0 Å². The van der Waals surface area contributed by atoms with E-state index in [9.17, 15) is 33.9 Å². The predicted octanol–water partition coefficient (Wildman–Crippen LogP) is 5.71. The van der Waals surface area contributed by atoms with Gasteiger partial charge in [0.15, 0.2) is 17.5 Å². The highest BCUT2D eigenvalue weighted by Gasteiger charge is 2.79. The monoisotopic (exact) mass is 878 g/mol. The van der Waals surface area contributed by atoms with E-state index in [0.717, 1.165) is 19.9 Å². The highest BCUT2D eigenvalue weighted by atomic mass is 16.6. The van der Waals surface area contributed by atoms with Crippen molar-refractivity contribution in [2.24, 2.45) is 16.7 Å². The highest BCUT2D eigenvalue weighted by molar-refractivity contribution is 5.96. The predicted molar refractivity (Wildman–Crippen MR) is 225 cm³/mol. The zero-order valence-corrected chi connectivity index (χ0v) is 36.5. The molecule has 9 atom stereocenters. The quantitative estimate of drug-likeness (QED) is 0.0852. The van der Waals surface area contributed by atoms with Gasteiger partial charge in [-0.1, -0.05) is 62.4 Å². The summed E-state index contributed by atoms with van der Waals surface area (Å²) in [5.41, 5.74) is -6.35. The number of rotatable bonds is 10. The smallest absolute Gasteiger partial charge is 0.343 e. The van der Waals surface area contributed by atoms with Crippen molar-refractivity contribution in [2.45, 2.75) is 103 Å². The number of benzene rings is 3. The van der Waals surface area contributed by atoms with Gasteiger partial charge in [0.05, 0.1) is 29.1 Å². The van der Waals surface area contributed by atoms with Crippen LogP contribution in [0, 0.1) is 16.7 Å². The van der Waals surface area contributed by atoms with Crippen LogP contribution in [0.2, 0.25) is 0 Å². The molecule has 2 bridgehead atoms. The van der Waals surface area contributed by atoms with E-state index in [1.807, 2.05) is 0 Å². The number of Topliss-reactive ketones (excluding diaryl/α,β-unsaturated/α-hetero) is 1. The van der Waals surface area contributed by atoms with Gasteiger partial charge in [-0.05, 0) is 73.0 Å². The number of carbonyl (C=O) groups excluding carboxylic acids is 7. The van der Waals surface area contributed by atoms with Gasteiger partial charge in [0, 0.05) is 45.1 Å². The molecule has 1 heterocycles. The van der Waals surface area contributed by atoms with E-state index >= 15 is 4.79 Å². The molecule has 0 aromatic heterocycles. The summed E-state index contributed by atoms with van der Waals surface area (Å²) in [6.07, 6.45) is -5.27. The van der Waals surface area contributed by atoms with Gasteiger partial charge in [-0.2, -0.15) is 0 Å². The lowest BCUT2D eigenvalue weighted by Crippen LogP contribution is -2.82. The molecule has 0 spiro atoms. The minimum Gasteiger partial charge on any atom is -0.458 e. The van der Waals surface area contributed by atoms with Crippen molar-refractivity contribution in [2.75, 3.05) is 6.61 Å². The van der Waals surface area contributed by atoms with Crippen molar-refractivity contribution in [3.05, 3.63) is 119 Å². The van der Waals surface area contributed by atoms with Gasteiger partial charge in [-0.3, -0.25) is 19.2 Å². The van der Waals surface area contributed by atoms with Crippen molar-refractivity contribution in [3.8, 4) is 5.75 Å². The van der Waals surface area contributed by atoms with Crippen LogP contribution in [-0.4, -0.2) is 95.0 Å². The zero-order chi connectivity index (χ0) is 46.4. The lowest BCUT2D eigenvalue weighted by Gasteiger charge is -2.67. The van der Waals surface area contributed by atoms with E-state index in [0.29, 0.717) is 16.7 Å². The number of hydrogen-bond donors (Lipinski definition) is 1. The molecule has 7 rings (SSSR count). The van der Waals surface area contributed by atoms with Crippen LogP contribution in [0.1, 0.15) is 87.6 Å². The molecule has 3 aromatic carbocycles. The molecule has 3 fully saturated rings. The molecule has 3 aliphatic carbocycles. The van der Waals surface area contributed by atoms with Crippen molar-refractivity contribution < 1.29 is 71.8 Å². The van der Waals surface area contributed by atoms with E-state index in [-0.39, 0.29) is 36.3 Å². The number of ether oxygens (including phenoxy) is 7. The molecule has 1 N–H and O–H groups in total.